The van der Waals surface area contributed by atoms with Gasteiger partial charge in [0.1, 0.15) is 6.61 Å². The molecule has 0 spiro atoms. The second-order valence-electron chi connectivity index (χ2n) is 1.33. The van der Waals surface area contributed by atoms with Crippen molar-refractivity contribution < 1.29 is 19.4 Å². The number of ether oxygens (including phenoxy) is 1. The summed E-state index contributed by atoms with van der Waals surface area (Å²) in [5, 5.41) is 9.59. The van der Waals surface area contributed by atoms with Crippen LogP contribution in [-0.2, 0) is 14.3 Å². The Hall–Kier alpha value is -1.10. The topological polar surface area (TPSA) is 92.5 Å². The maximum atomic E-state index is 9.86. The van der Waals surface area contributed by atoms with Crippen molar-refractivity contribution >= 4 is 11.9 Å². The van der Waals surface area contributed by atoms with Crippen LogP contribution >= 0.6 is 0 Å². The highest BCUT2D eigenvalue weighted by Gasteiger charge is 1.91. The summed E-state index contributed by atoms with van der Waals surface area (Å²) >= 11 is 0. The average Bonchev–Trinajstić information content (AvgIpc) is 1.63. The number of amides is 1. The van der Waals surface area contributed by atoms with Gasteiger partial charge in [-0.2, -0.15) is 0 Å². The zero-order chi connectivity index (χ0) is 7.28. The molecule has 0 aliphatic heterocycles. The van der Waals surface area contributed by atoms with Crippen LogP contribution in [-0.4, -0.2) is 25.1 Å². The molecule has 0 aromatic rings. The van der Waals surface area contributed by atoms with Gasteiger partial charge in [-0.05, 0) is 0 Å². The van der Waals surface area contributed by atoms with Crippen LogP contribution in [0.5, 0.6) is 0 Å². The van der Waals surface area contributed by atoms with E-state index in [0.717, 1.165) is 0 Å². The first-order valence-corrected chi connectivity index (χ1v) is 2.19. The van der Waals surface area contributed by atoms with Gasteiger partial charge in [0, 0.05) is 0 Å². The smallest absolute Gasteiger partial charge is 0.243 e. The summed E-state index contributed by atoms with van der Waals surface area (Å²) in [6, 6.07) is 0. The largest absolute Gasteiger partial charge is 0.548 e. The average molecular weight is 132 g/mol. The molecule has 0 saturated carbocycles. The first-order valence-electron chi connectivity index (χ1n) is 2.19. The Bertz CT molecular complexity index is 108. The van der Waals surface area contributed by atoms with Gasteiger partial charge in [-0.15, -0.1) is 0 Å². The Morgan fingerprint density at radius 2 is 2.00 bits per heavy atom. The van der Waals surface area contributed by atoms with E-state index in [4.69, 9.17) is 0 Å². The lowest BCUT2D eigenvalue weighted by Crippen LogP contribution is -2.29. The van der Waals surface area contributed by atoms with Crippen LogP contribution in [0.4, 0.5) is 0 Å². The fourth-order valence-corrected chi connectivity index (χ4v) is 0.235. The number of carbonyl (C=O) groups is 2. The molecular weight excluding hydrogens is 126 g/mol. The minimum Gasteiger partial charge on any atom is -0.548 e. The van der Waals surface area contributed by atoms with E-state index in [2.05, 4.69) is 10.5 Å². The van der Waals surface area contributed by atoms with E-state index in [0.29, 0.717) is 0 Å². The minimum absolute atomic E-state index is 0.381. The normalized spacial score (nSPS) is 8.89. The molecule has 0 aliphatic rings. The van der Waals surface area contributed by atoms with Crippen molar-refractivity contribution in [1.82, 2.24) is 0 Å². The maximum Gasteiger partial charge on any atom is 0.243 e. The predicted octanol–water partition coefficient (Wildman–Crippen LogP) is -2.76. The highest BCUT2D eigenvalue weighted by Crippen LogP contribution is 1.69. The number of carboxylic acids is 1. The van der Waals surface area contributed by atoms with Gasteiger partial charge in [0.25, 0.3) is 0 Å². The summed E-state index contributed by atoms with van der Waals surface area (Å²) in [6.45, 7) is -0.975. The minimum atomic E-state index is -1.36. The van der Waals surface area contributed by atoms with Crippen molar-refractivity contribution in [2.24, 2.45) is 5.73 Å². The molecule has 0 heterocycles. The van der Waals surface area contributed by atoms with Crippen LogP contribution in [0.1, 0.15) is 0 Å². The SMILES string of the molecule is NC(=O)COCC(=O)[O-]. The molecular formula is C4H6NO4-. The zero-order valence-electron chi connectivity index (χ0n) is 4.62. The lowest BCUT2D eigenvalue weighted by Gasteiger charge is -1.99. The first kappa shape index (κ1) is 7.90. The molecule has 5 nitrogen and oxygen atoms in total. The Morgan fingerprint density at radius 1 is 1.44 bits per heavy atom. The number of hydrogen-bond acceptors (Lipinski definition) is 4. The number of carboxylic acid groups (broad SMARTS) is 1. The van der Waals surface area contributed by atoms with Crippen LogP contribution in [0.2, 0.25) is 0 Å². The third kappa shape index (κ3) is 6.90. The molecule has 0 rings (SSSR count). The van der Waals surface area contributed by atoms with Crippen LogP contribution in [0.25, 0.3) is 0 Å². The van der Waals surface area contributed by atoms with Crippen molar-refractivity contribution in [1.29, 1.82) is 0 Å². The van der Waals surface area contributed by atoms with Gasteiger partial charge >= 0.3 is 0 Å². The summed E-state index contributed by atoms with van der Waals surface area (Å²) < 4.78 is 4.22. The number of aliphatic carboxylic acids is 1. The van der Waals surface area contributed by atoms with E-state index in [1.807, 2.05) is 0 Å². The van der Waals surface area contributed by atoms with Gasteiger partial charge < -0.3 is 20.4 Å². The number of hydrogen-bond donors (Lipinski definition) is 1. The van der Waals surface area contributed by atoms with Gasteiger partial charge in [0.2, 0.25) is 5.91 Å². The molecule has 5 heteroatoms. The van der Waals surface area contributed by atoms with Gasteiger partial charge in [0.05, 0.1) is 12.6 Å². The summed E-state index contributed by atoms with van der Waals surface area (Å²) in [5.74, 6) is -2.06. The highest BCUT2D eigenvalue weighted by atomic mass is 16.5. The van der Waals surface area contributed by atoms with E-state index in [1.54, 1.807) is 0 Å². The molecule has 52 valence electrons. The van der Waals surface area contributed by atoms with Crippen LogP contribution in [0.15, 0.2) is 0 Å². The molecule has 9 heavy (non-hydrogen) atoms. The Kier molecular flexibility index (Phi) is 3.38. The standard InChI is InChI=1S/C4H7NO4/c5-3(6)1-9-2-4(7)8/h1-2H2,(H2,5,6)(H,7,8)/p-1. The third-order valence-corrected chi connectivity index (χ3v) is 0.464. The summed E-state index contributed by atoms with van der Waals surface area (Å²) in [4.78, 5) is 19.5. The molecule has 0 saturated heterocycles. The summed E-state index contributed by atoms with van der Waals surface area (Å²) in [6.07, 6.45) is 0. The first-order chi connectivity index (χ1) is 4.13. The lowest BCUT2D eigenvalue weighted by molar-refractivity contribution is -0.309. The van der Waals surface area contributed by atoms with Crippen LogP contribution in [0.3, 0.4) is 0 Å². The number of primary amides is 1. The molecule has 0 aromatic heterocycles. The molecule has 0 aliphatic carbocycles. The molecule has 0 aromatic carbocycles. The fourth-order valence-electron chi connectivity index (χ4n) is 0.235. The molecule has 0 unspecified atom stereocenters. The van der Waals surface area contributed by atoms with Gasteiger partial charge in [-0.3, -0.25) is 4.79 Å². The summed E-state index contributed by atoms with van der Waals surface area (Å²) in [7, 11) is 0. The van der Waals surface area contributed by atoms with Crippen molar-refractivity contribution in [3.8, 4) is 0 Å². The van der Waals surface area contributed by atoms with Crippen LogP contribution in [0, 0.1) is 0 Å². The maximum absolute atomic E-state index is 9.86. The van der Waals surface area contributed by atoms with E-state index in [-0.39, 0.29) is 6.61 Å². The van der Waals surface area contributed by atoms with Gasteiger partial charge in [-0.1, -0.05) is 0 Å². The number of rotatable bonds is 4. The van der Waals surface area contributed by atoms with E-state index < -0.39 is 18.5 Å². The molecule has 0 bridgehead atoms. The second kappa shape index (κ2) is 3.85. The lowest BCUT2D eigenvalue weighted by atomic mass is 10.7. The van der Waals surface area contributed by atoms with E-state index in [9.17, 15) is 14.7 Å². The third-order valence-electron chi connectivity index (χ3n) is 0.464. The quantitative estimate of drug-likeness (QED) is 0.448. The molecule has 2 N–H and O–H groups in total. The predicted molar refractivity (Wildman–Crippen MR) is 25.0 cm³/mol. The van der Waals surface area contributed by atoms with E-state index >= 15 is 0 Å². The van der Waals surface area contributed by atoms with Crippen LogP contribution < -0.4 is 10.8 Å². The van der Waals surface area contributed by atoms with Gasteiger partial charge in [-0.25, -0.2) is 0 Å². The fraction of sp³-hybridized carbons (Fsp3) is 0.500. The highest BCUT2D eigenvalue weighted by molar-refractivity contribution is 5.75. The number of nitrogens with two attached hydrogens (primary N) is 1. The van der Waals surface area contributed by atoms with Crippen molar-refractivity contribution in [2.75, 3.05) is 13.2 Å². The van der Waals surface area contributed by atoms with Gasteiger partial charge in [0.15, 0.2) is 0 Å². The molecule has 1 amide bonds. The zero-order valence-corrected chi connectivity index (χ0v) is 4.62. The monoisotopic (exact) mass is 132 g/mol. The molecule has 0 fully saturated rings. The van der Waals surface area contributed by atoms with Crippen molar-refractivity contribution in [2.45, 2.75) is 0 Å². The van der Waals surface area contributed by atoms with Crippen molar-refractivity contribution in [3.05, 3.63) is 0 Å². The molecule has 0 radical (unpaired) electrons. The van der Waals surface area contributed by atoms with Crippen molar-refractivity contribution in [3.63, 3.8) is 0 Å². The second-order valence-corrected chi connectivity index (χ2v) is 1.33. The summed E-state index contributed by atoms with van der Waals surface area (Å²) in [5.41, 5.74) is 4.60. The Balaban J connectivity index is 3.10. The molecule has 0 atom stereocenters. The Morgan fingerprint density at radius 3 is 2.33 bits per heavy atom. The Labute approximate surface area is 51.4 Å². The number of carbonyl (C=O) groups excluding carboxylic acids is 2. The van der Waals surface area contributed by atoms with E-state index in [1.165, 1.54) is 0 Å².